The number of halogens is 1. The number of carbonyl (C=O) groups is 3. The molecule has 1 aliphatic heterocycles. The lowest BCUT2D eigenvalue weighted by atomic mass is 9.92. The molecule has 1 aliphatic carbocycles. The number of amides is 4. The van der Waals surface area contributed by atoms with E-state index in [1.807, 2.05) is 0 Å². The lowest BCUT2D eigenvalue weighted by molar-refractivity contribution is -0.134. The van der Waals surface area contributed by atoms with Gasteiger partial charge in [0.2, 0.25) is 5.91 Å². The highest BCUT2D eigenvalue weighted by Gasteiger charge is 2.50. The SMILES string of the molecule is C[C@@]1(c2ccccc2Cl)NC(=O)N(CC(=O)NC2CC2)C1=O. The topological polar surface area (TPSA) is 78.5 Å². The van der Waals surface area contributed by atoms with E-state index in [9.17, 15) is 14.4 Å². The van der Waals surface area contributed by atoms with Gasteiger partial charge in [0, 0.05) is 16.6 Å². The molecule has 0 aromatic heterocycles. The maximum atomic E-state index is 12.6. The van der Waals surface area contributed by atoms with Gasteiger partial charge in [-0.25, -0.2) is 4.79 Å². The summed E-state index contributed by atoms with van der Waals surface area (Å²) in [5.41, 5.74) is -0.741. The maximum absolute atomic E-state index is 12.6. The number of imide groups is 1. The Morgan fingerprint density at radius 2 is 2.09 bits per heavy atom. The first-order chi connectivity index (χ1) is 10.4. The van der Waals surface area contributed by atoms with E-state index in [0.717, 1.165) is 17.7 Å². The molecule has 1 saturated carbocycles. The fraction of sp³-hybridized carbons (Fsp3) is 0.400. The van der Waals surface area contributed by atoms with Gasteiger partial charge in [-0.05, 0) is 25.8 Å². The minimum absolute atomic E-state index is 0.184. The van der Waals surface area contributed by atoms with Gasteiger partial charge in [-0.3, -0.25) is 14.5 Å². The zero-order valence-electron chi connectivity index (χ0n) is 12.1. The van der Waals surface area contributed by atoms with Crippen LogP contribution in [0.3, 0.4) is 0 Å². The zero-order valence-corrected chi connectivity index (χ0v) is 12.8. The van der Waals surface area contributed by atoms with Gasteiger partial charge >= 0.3 is 6.03 Å². The molecule has 4 amide bonds. The van der Waals surface area contributed by atoms with Crippen LogP contribution in [0, 0.1) is 0 Å². The van der Waals surface area contributed by atoms with Crippen molar-refractivity contribution in [2.24, 2.45) is 0 Å². The standard InChI is InChI=1S/C15H16ClN3O3/c1-15(10-4-2-3-5-11(10)16)13(21)19(14(22)18-15)8-12(20)17-9-6-7-9/h2-5,9H,6-8H2,1H3,(H,17,20)(H,18,22)/t15-/m0/s1. The van der Waals surface area contributed by atoms with Crippen LogP contribution in [0.5, 0.6) is 0 Å². The molecule has 1 saturated heterocycles. The van der Waals surface area contributed by atoms with E-state index in [1.165, 1.54) is 0 Å². The zero-order chi connectivity index (χ0) is 15.9. The molecule has 1 atom stereocenters. The van der Waals surface area contributed by atoms with Crippen molar-refractivity contribution in [2.75, 3.05) is 6.54 Å². The number of hydrogen-bond acceptors (Lipinski definition) is 3. The third-order valence-electron chi connectivity index (χ3n) is 3.93. The summed E-state index contributed by atoms with van der Waals surface area (Å²) in [6, 6.07) is 6.44. The van der Waals surface area contributed by atoms with Crippen molar-refractivity contribution < 1.29 is 14.4 Å². The molecule has 1 aromatic carbocycles. The van der Waals surface area contributed by atoms with Crippen LogP contribution in [0.2, 0.25) is 5.02 Å². The molecule has 116 valence electrons. The van der Waals surface area contributed by atoms with E-state index in [-0.39, 0.29) is 18.5 Å². The number of urea groups is 1. The van der Waals surface area contributed by atoms with Gasteiger partial charge in [0.15, 0.2) is 0 Å². The molecule has 1 heterocycles. The minimum atomic E-state index is -1.25. The summed E-state index contributed by atoms with van der Waals surface area (Å²) < 4.78 is 0. The minimum Gasteiger partial charge on any atom is -0.352 e. The molecule has 2 N–H and O–H groups in total. The molecule has 0 spiro atoms. The number of benzene rings is 1. The van der Waals surface area contributed by atoms with Crippen molar-refractivity contribution in [1.82, 2.24) is 15.5 Å². The number of carbonyl (C=O) groups excluding carboxylic acids is 3. The Balaban J connectivity index is 1.81. The van der Waals surface area contributed by atoms with E-state index in [4.69, 9.17) is 11.6 Å². The monoisotopic (exact) mass is 321 g/mol. The van der Waals surface area contributed by atoms with Gasteiger partial charge in [0.25, 0.3) is 5.91 Å². The van der Waals surface area contributed by atoms with Crippen LogP contribution >= 0.6 is 11.6 Å². The highest BCUT2D eigenvalue weighted by Crippen LogP contribution is 2.33. The molecule has 22 heavy (non-hydrogen) atoms. The fourth-order valence-corrected chi connectivity index (χ4v) is 2.86. The Hall–Kier alpha value is -2.08. The van der Waals surface area contributed by atoms with Crippen molar-refractivity contribution in [2.45, 2.75) is 31.3 Å². The predicted octanol–water partition coefficient (Wildman–Crippen LogP) is 1.39. The fourth-order valence-electron chi connectivity index (χ4n) is 2.53. The summed E-state index contributed by atoms with van der Waals surface area (Å²) in [5.74, 6) is -0.800. The molecule has 7 heteroatoms. The van der Waals surface area contributed by atoms with E-state index in [2.05, 4.69) is 10.6 Å². The lowest BCUT2D eigenvalue weighted by Crippen LogP contribution is -2.43. The predicted molar refractivity (Wildman–Crippen MR) is 80.2 cm³/mol. The van der Waals surface area contributed by atoms with Gasteiger partial charge in [-0.2, -0.15) is 0 Å². The normalized spacial score (nSPS) is 24.4. The molecule has 2 fully saturated rings. The molecular weight excluding hydrogens is 306 g/mol. The molecule has 0 bridgehead atoms. The van der Waals surface area contributed by atoms with E-state index < -0.39 is 17.5 Å². The third-order valence-corrected chi connectivity index (χ3v) is 4.26. The second kappa shape index (κ2) is 5.28. The van der Waals surface area contributed by atoms with Crippen LogP contribution in [-0.4, -0.2) is 35.3 Å². The van der Waals surface area contributed by atoms with Gasteiger partial charge < -0.3 is 10.6 Å². The molecule has 0 unspecified atom stereocenters. The van der Waals surface area contributed by atoms with Crippen LogP contribution in [0.15, 0.2) is 24.3 Å². The Morgan fingerprint density at radius 3 is 2.73 bits per heavy atom. The van der Waals surface area contributed by atoms with Crippen molar-refractivity contribution in [3.63, 3.8) is 0 Å². The Kier molecular flexibility index (Phi) is 3.56. The van der Waals surface area contributed by atoms with Crippen LogP contribution in [0.4, 0.5) is 4.79 Å². The Bertz CT molecular complexity index is 659. The Morgan fingerprint density at radius 1 is 1.41 bits per heavy atom. The van der Waals surface area contributed by atoms with Crippen LogP contribution < -0.4 is 10.6 Å². The number of nitrogens with one attached hydrogen (secondary N) is 2. The summed E-state index contributed by atoms with van der Waals surface area (Å²) in [5, 5.41) is 5.79. The number of hydrogen-bond donors (Lipinski definition) is 2. The molecule has 0 radical (unpaired) electrons. The molecule has 1 aromatic rings. The first kappa shape index (κ1) is 14.8. The summed E-state index contributed by atoms with van der Waals surface area (Å²) >= 11 is 6.14. The summed E-state index contributed by atoms with van der Waals surface area (Å²) in [6.07, 6.45) is 1.90. The maximum Gasteiger partial charge on any atom is 0.325 e. The second-order valence-electron chi connectivity index (χ2n) is 5.77. The Labute approximate surface area is 132 Å². The van der Waals surface area contributed by atoms with E-state index in [1.54, 1.807) is 31.2 Å². The lowest BCUT2D eigenvalue weighted by Gasteiger charge is -2.23. The number of rotatable bonds is 4. The van der Waals surface area contributed by atoms with Gasteiger partial charge in [-0.15, -0.1) is 0 Å². The summed E-state index contributed by atoms with van der Waals surface area (Å²) in [6.45, 7) is 1.31. The van der Waals surface area contributed by atoms with Crippen molar-refractivity contribution in [3.05, 3.63) is 34.9 Å². The van der Waals surface area contributed by atoms with E-state index in [0.29, 0.717) is 10.6 Å². The van der Waals surface area contributed by atoms with Crippen molar-refractivity contribution >= 4 is 29.4 Å². The van der Waals surface area contributed by atoms with Gasteiger partial charge in [-0.1, -0.05) is 29.8 Å². The second-order valence-corrected chi connectivity index (χ2v) is 6.18. The molecule has 3 rings (SSSR count). The first-order valence-electron chi connectivity index (χ1n) is 7.10. The highest BCUT2D eigenvalue weighted by atomic mass is 35.5. The summed E-state index contributed by atoms with van der Waals surface area (Å²) in [7, 11) is 0. The smallest absolute Gasteiger partial charge is 0.325 e. The average Bonchev–Trinajstić information content (AvgIpc) is 3.24. The third kappa shape index (κ3) is 2.54. The quantitative estimate of drug-likeness (QED) is 0.822. The number of nitrogens with zero attached hydrogens (tertiary/aromatic N) is 1. The van der Waals surface area contributed by atoms with Crippen LogP contribution in [0.1, 0.15) is 25.3 Å². The van der Waals surface area contributed by atoms with Crippen molar-refractivity contribution in [1.29, 1.82) is 0 Å². The largest absolute Gasteiger partial charge is 0.352 e. The van der Waals surface area contributed by atoms with Gasteiger partial charge in [0.05, 0.1) is 0 Å². The average molecular weight is 322 g/mol. The first-order valence-corrected chi connectivity index (χ1v) is 7.48. The molecule has 2 aliphatic rings. The molecular formula is C15H16ClN3O3. The van der Waals surface area contributed by atoms with Crippen LogP contribution in [-0.2, 0) is 15.1 Å². The van der Waals surface area contributed by atoms with Crippen LogP contribution in [0.25, 0.3) is 0 Å². The van der Waals surface area contributed by atoms with E-state index >= 15 is 0 Å². The highest BCUT2D eigenvalue weighted by molar-refractivity contribution is 6.32. The summed E-state index contributed by atoms with van der Waals surface area (Å²) in [4.78, 5) is 37.5. The molecule has 6 nitrogen and oxygen atoms in total. The van der Waals surface area contributed by atoms with Gasteiger partial charge in [0.1, 0.15) is 12.1 Å². The van der Waals surface area contributed by atoms with Crippen molar-refractivity contribution in [3.8, 4) is 0 Å².